The van der Waals surface area contributed by atoms with Crippen LogP contribution in [0, 0.1) is 0 Å². The minimum atomic E-state index is -3.88. The van der Waals surface area contributed by atoms with Gasteiger partial charge >= 0.3 is 0 Å². The van der Waals surface area contributed by atoms with E-state index in [0.717, 1.165) is 10.8 Å². The molecule has 0 aromatic heterocycles. The molecule has 1 atom stereocenters. The summed E-state index contributed by atoms with van der Waals surface area (Å²) in [6.07, 6.45) is -0.892. The van der Waals surface area contributed by atoms with Crippen molar-refractivity contribution in [3.63, 3.8) is 0 Å². The van der Waals surface area contributed by atoms with Gasteiger partial charge in [-0.25, -0.2) is 8.42 Å². The lowest BCUT2D eigenvalue weighted by Gasteiger charge is -2.15. The monoisotopic (exact) mass is 448 g/mol. The zero-order chi connectivity index (χ0) is 19.4. The highest BCUT2D eigenvalue weighted by atomic mass is 79.9. The molecule has 3 rings (SSSR count). The Bertz CT molecular complexity index is 1090. The summed E-state index contributed by atoms with van der Waals surface area (Å²) in [7, 11) is -3.88. The van der Waals surface area contributed by atoms with Crippen LogP contribution in [0.4, 0.5) is 0 Å². The largest absolute Gasteiger partial charge is 0.481 e. The fourth-order valence-electron chi connectivity index (χ4n) is 2.41. The number of ether oxygens (including phenoxy) is 1. The van der Waals surface area contributed by atoms with Crippen LogP contribution >= 0.6 is 15.9 Å². The maximum atomic E-state index is 12.2. The van der Waals surface area contributed by atoms with E-state index < -0.39 is 22.0 Å². The van der Waals surface area contributed by atoms with E-state index in [9.17, 15) is 13.2 Å². The van der Waals surface area contributed by atoms with Gasteiger partial charge in [0.2, 0.25) is 0 Å². The summed E-state index contributed by atoms with van der Waals surface area (Å²) >= 11 is 3.21. The number of carbonyl (C=O) groups is 1. The minimum absolute atomic E-state index is 0.0280. The molecule has 0 spiro atoms. The topological polar surface area (TPSA) is 84.5 Å². The molecule has 0 aliphatic rings. The summed E-state index contributed by atoms with van der Waals surface area (Å²) in [5, 5.41) is 2.04. The standard InChI is InChI=1S/C19H17BrN2O4S/c1-13(26-17-10-9-14-5-2-3-6-15(14)11-17)19(23)21-22-27(24,25)18-8-4-7-16(20)12-18/h2-13,22H,1H3,(H,21,23). The van der Waals surface area contributed by atoms with Crippen LogP contribution in [0.15, 0.2) is 76.1 Å². The molecular weight excluding hydrogens is 432 g/mol. The predicted octanol–water partition coefficient (Wildman–Crippen LogP) is 3.38. The van der Waals surface area contributed by atoms with E-state index >= 15 is 0 Å². The van der Waals surface area contributed by atoms with Gasteiger partial charge in [0, 0.05) is 4.47 Å². The Balaban J connectivity index is 1.63. The summed E-state index contributed by atoms with van der Waals surface area (Å²) < 4.78 is 30.7. The molecule has 3 aromatic rings. The second kappa shape index (κ2) is 8.08. The molecule has 0 radical (unpaired) electrons. The normalized spacial score (nSPS) is 12.5. The molecule has 1 amide bonds. The zero-order valence-corrected chi connectivity index (χ0v) is 16.7. The van der Waals surface area contributed by atoms with Gasteiger partial charge < -0.3 is 4.74 Å². The predicted molar refractivity (Wildman–Crippen MR) is 107 cm³/mol. The van der Waals surface area contributed by atoms with Gasteiger partial charge in [0.15, 0.2) is 6.10 Å². The van der Waals surface area contributed by atoms with Gasteiger partial charge in [-0.2, -0.15) is 0 Å². The molecule has 2 N–H and O–H groups in total. The fraction of sp³-hybridized carbons (Fsp3) is 0.105. The number of hydrogen-bond acceptors (Lipinski definition) is 4. The Hall–Kier alpha value is -2.42. The molecule has 0 aliphatic carbocycles. The first kappa shape index (κ1) is 19.3. The van der Waals surface area contributed by atoms with Crippen molar-refractivity contribution in [1.29, 1.82) is 0 Å². The van der Waals surface area contributed by atoms with Gasteiger partial charge in [-0.1, -0.05) is 52.3 Å². The number of sulfonamides is 1. The molecule has 0 fully saturated rings. The number of fused-ring (bicyclic) bond motifs is 1. The second-order valence-corrected chi connectivity index (χ2v) is 8.42. The molecule has 0 saturated carbocycles. The van der Waals surface area contributed by atoms with E-state index in [1.165, 1.54) is 19.1 Å². The van der Waals surface area contributed by atoms with Crippen molar-refractivity contribution in [2.75, 3.05) is 0 Å². The third kappa shape index (κ3) is 4.85. The van der Waals surface area contributed by atoms with E-state index in [-0.39, 0.29) is 4.90 Å². The van der Waals surface area contributed by atoms with Gasteiger partial charge in [0.05, 0.1) is 4.90 Å². The molecule has 0 saturated heterocycles. The first-order chi connectivity index (χ1) is 12.8. The van der Waals surface area contributed by atoms with E-state index in [1.54, 1.807) is 18.2 Å². The molecule has 0 heterocycles. The Morgan fingerprint density at radius 3 is 2.48 bits per heavy atom. The van der Waals surface area contributed by atoms with Crippen LogP contribution in [-0.2, 0) is 14.8 Å². The van der Waals surface area contributed by atoms with Gasteiger partial charge in [0.25, 0.3) is 15.9 Å². The molecule has 3 aromatic carbocycles. The van der Waals surface area contributed by atoms with E-state index in [0.29, 0.717) is 10.2 Å². The summed E-state index contributed by atoms with van der Waals surface area (Å²) in [5.74, 6) is -0.0899. The Morgan fingerprint density at radius 2 is 1.74 bits per heavy atom. The highest BCUT2D eigenvalue weighted by Crippen LogP contribution is 2.21. The van der Waals surface area contributed by atoms with Crippen LogP contribution in [0.1, 0.15) is 6.92 Å². The fourth-order valence-corrected chi connectivity index (χ4v) is 3.85. The van der Waals surface area contributed by atoms with E-state index in [2.05, 4.69) is 26.2 Å². The molecule has 27 heavy (non-hydrogen) atoms. The second-order valence-electron chi connectivity index (χ2n) is 5.82. The van der Waals surface area contributed by atoms with Crippen molar-refractivity contribution in [2.24, 2.45) is 0 Å². The van der Waals surface area contributed by atoms with Crippen molar-refractivity contribution in [3.8, 4) is 5.75 Å². The Morgan fingerprint density at radius 1 is 1.00 bits per heavy atom. The molecular formula is C19H17BrN2O4S. The third-order valence-corrected chi connectivity index (χ3v) is 5.56. The summed E-state index contributed by atoms with van der Waals surface area (Å²) in [6.45, 7) is 1.54. The van der Waals surface area contributed by atoms with E-state index in [4.69, 9.17) is 4.74 Å². The highest BCUT2D eigenvalue weighted by molar-refractivity contribution is 9.10. The van der Waals surface area contributed by atoms with Crippen molar-refractivity contribution >= 4 is 42.6 Å². The van der Waals surface area contributed by atoms with Crippen LogP contribution in [-0.4, -0.2) is 20.4 Å². The van der Waals surface area contributed by atoms with Crippen molar-refractivity contribution < 1.29 is 17.9 Å². The maximum absolute atomic E-state index is 12.2. The number of nitrogens with one attached hydrogen (secondary N) is 2. The van der Waals surface area contributed by atoms with Crippen molar-refractivity contribution in [1.82, 2.24) is 10.3 Å². The zero-order valence-electron chi connectivity index (χ0n) is 14.3. The number of carbonyl (C=O) groups excluding carboxylic acids is 1. The lowest BCUT2D eigenvalue weighted by molar-refractivity contribution is -0.127. The van der Waals surface area contributed by atoms with Crippen LogP contribution in [0.25, 0.3) is 10.8 Å². The van der Waals surface area contributed by atoms with Crippen LogP contribution < -0.4 is 15.0 Å². The van der Waals surface area contributed by atoms with E-state index in [1.807, 2.05) is 36.4 Å². The minimum Gasteiger partial charge on any atom is -0.481 e. The summed E-state index contributed by atoms with van der Waals surface area (Å²) in [4.78, 5) is 14.3. The van der Waals surface area contributed by atoms with Gasteiger partial charge in [0.1, 0.15) is 5.75 Å². The molecule has 0 bridgehead atoms. The van der Waals surface area contributed by atoms with Crippen molar-refractivity contribution in [3.05, 3.63) is 71.2 Å². The van der Waals surface area contributed by atoms with Crippen molar-refractivity contribution in [2.45, 2.75) is 17.9 Å². The number of amides is 1. The van der Waals surface area contributed by atoms with Gasteiger partial charge in [-0.3, -0.25) is 10.2 Å². The molecule has 1 unspecified atom stereocenters. The van der Waals surface area contributed by atoms with Crippen LogP contribution in [0.5, 0.6) is 5.75 Å². The average Bonchev–Trinajstić information content (AvgIpc) is 2.66. The molecule has 6 nitrogen and oxygen atoms in total. The SMILES string of the molecule is CC(Oc1ccc2ccccc2c1)C(=O)NNS(=O)(=O)c1cccc(Br)c1. The lowest BCUT2D eigenvalue weighted by atomic mass is 10.1. The molecule has 140 valence electrons. The van der Waals surface area contributed by atoms with Crippen LogP contribution in [0.3, 0.4) is 0 Å². The summed E-state index contributed by atoms with van der Waals surface area (Å²) in [5.41, 5.74) is 2.18. The average molecular weight is 449 g/mol. The lowest BCUT2D eigenvalue weighted by Crippen LogP contribution is -2.47. The smallest absolute Gasteiger partial charge is 0.275 e. The molecule has 0 aliphatic heterocycles. The summed E-state index contributed by atoms with van der Waals surface area (Å²) in [6, 6.07) is 19.4. The number of halogens is 1. The highest BCUT2D eigenvalue weighted by Gasteiger charge is 2.19. The third-order valence-electron chi connectivity index (χ3n) is 3.82. The van der Waals surface area contributed by atoms with Gasteiger partial charge in [-0.15, -0.1) is 4.83 Å². The Kier molecular flexibility index (Phi) is 5.79. The number of rotatable bonds is 6. The number of hydrogen-bond donors (Lipinski definition) is 2. The Labute approximate surface area is 165 Å². The van der Waals surface area contributed by atoms with Crippen LogP contribution in [0.2, 0.25) is 0 Å². The number of hydrazine groups is 1. The maximum Gasteiger partial charge on any atom is 0.275 e. The molecule has 8 heteroatoms. The first-order valence-electron chi connectivity index (χ1n) is 8.08. The van der Waals surface area contributed by atoms with Gasteiger partial charge in [-0.05, 0) is 48.0 Å². The number of benzene rings is 3. The first-order valence-corrected chi connectivity index (χ1v) is 10.4. The quantitative estimate of drug-likeness (QED) is 0.566.